The minimum atomic E-state index is -0.0772. The number of amides is 1. The van der Waals surface area contributed by atoms with E-state index in [9.17, 15) is 4.79 Å². The van der Waals surface area contributed by atoms with Crippen LogP contribution in [0.5, 0.6) is 0 Å². The number of carbonyl (C=O) groups excluding carboxylic acids is 1. The van der Waals surface area contributed by atoms with E-state index in [1.165, 1.54) is 0 Å². The molecule has 30 heavy (non-hydrogen) atoms. The number of hydrogen-bond donors (Lipinski definition) is 0. The highest BCUT2D eigenvalue weighted by Gasteiger charge is 2.22. The summed E-state index contributed by atoms with van der Waals surface area (Å²) in [7, 11) is 3.68. The van der Waals surface area contributed by atoms with Crippen molar-refractivity contribution in [2.45, 2.75) is 6.92 Å². The standard InChI is InChI=1S/C24H20N4OS/c1-15-22-19(14-20(21-9-6-12-30-21)25-23(22)28(3)26-15)24(29)27(2)18-11-10-16-7-4-5-8-17(16)13-18/h4-14H,1-3H3. The largest absolute Gasteiger partial charge is 0.311 e. The number of rotatable bonds is 3. The molecule has 0 N–H and O–H groups in total. The third kappa shape index (κ3) is 2.97. The SMILES string of the molecule is Cc1nn(C)c2nc(-c3cccs3)cc(C(=O)N(C)c3ccc4ccccc4c3)c12. The molecule has 0 aliphatic rings. The molecule has 0 atom stereocenters. The van der Waals surface area contributed by atoms with Crippen molar-refractivity contribution in [3.05, 3.63) is 77.3 Å². The number of hydrogen-bond acceptors (Lipinski definition) is 4. The topological polar surface area (TPSA) is 51.0 Å². The van der Waals surface area contributed by atoms with E-state index in [4.69, 9.17) is 4.98 Å². The van der Waals surface area contributed by atoms with E-state index in [2.05, 4.69) is 17.2 Å². The number of benzene rings is 2. The summed E-state index contributed by atoms with van der Waals surface area (Å²) >= 11 is 1.61. The Balaban J connectivity index is 1.66. The third-order valence-electron chi connectivity index (χ3n) is 5.40. The zero-order valence-corrected chi connectivity index (χ0v) is 17.8. The fraction of sp³-hybridized carbons (Fsp3) is 0.125. The van der Waals surface area contributed by atoms with Crippen LogP contribution in [0.3, 0.4) is 0 Å². The lowest BCUT2D eigenvalue weighted by Crippen LogP contribution is -2.26. The molecule has 0 aliphatic heterocycles. The molecule has 0 saturated heterocycles. The maximum atomic E-state index is 13.6. The van der Waals surface area contributed by atoms with Gasteiger partial charge in [-0.3, -0.25) is 9.48 Å². The summed E-state index contributed by atoms with van der Waals surface area (Å²) in [6.45, 7) is 1.92. The van der Waals surface area contributed by atoms with E-state index in [0.717, 1.165) is 38.1 Å². The van der Waals surface area contributed by atoms with Gasteiger partial charge in [-0.25, -0.2) is 4.98 Å². The Morgan fingerprint density at radius 2 is 1.83 bits per heavy atom. The van der Waals surface area contributed by atoms with Crippen molar-refractivity contribution in [3.8, 4) is 10.6 Å². The first-order valence-electron chi connectivity index (χ1n) is 9.68. The van der Waals surface area contributed by atoms with E-state index in [1.54, 1.807) is 20.9 Å². The molecule has 0 aliphatic carbocycles. The minimum absolute atomic E-state index is 0.0772. The highest BCUT2D eigenvalue weighted by Crippen LogP contribution is 2.31. The third-order valence-corrected chi connectivity index (χ3v) is 6.29. The van der Waals surface area contributed by atoms with Gasteiger partial charge in [0.05, 0.1) is 27.2 Å². The van der Waals surface area contributed by atoms with Crippen molar-refractivity contribution in [3.63, 3.8) is 0 Å². The molecule has 0 bridgehead atoms. The Morgan fingerprint density at radius 3 is 2.60 bits per heavy atom. The molecule has 1 amide bonds. The van der Waals surface area contributed by atoms with Gasteiger partial charge < -0.3 is 4.90 Å². The van der Waals surface area contributed by atoms with E-state index < -0.39 is 0 Å². The molecule has 2 aromatic carbocycles. The second-order valence-corrected chi connectivity index (χ2v) is 8.28. The van der Waals surface area contributed by atoms with Crippen molar-refractivity contribution in [2.24, 2.45) is 7.05 Å². The lowest BCUT2D eigenvalue weighted by Gasteiger charge is -2.19. The summed E-state index contributed by atoms with van der Waals surface area (Å²) in [5.74, 6) is -0.0772. The molecule has 0 fully saturated rings. The summed E-state index contributed by atoms with van der Waals surface area (Å²) < 4.78 is 1.74. The maximum Gasteiger partial charge on any atom is 0.258 e. The van der Waals surface area contributed by atoms with Crippen molar-refractivity contribution in [2.75, 3.05) is 11.9 Å². The number of nitrogens with zero attached hydrogens (tertiary/aromatic N) is 4. The molecule has 5 rings (SSSR count). The van der Waals surface area contributed by atoms with Crippen LogP contribution in [0.4, 0.5) is 5.69 Å². The summed E-state index contributed by atoms with van der Waals surface area (Å²) in [5, 5.41) is 9.58. The fourth-order valence-electron chi connectivity index (χ4n) is 3.85. The number of aromatic nitrogens is 3. The smallest absolute Gasteiger partial charge is 0.258 e. The lowest BCUT2D eigenvalue weighted by molar-refractivity contribution is 0.0994. The fourth-order valence-corrected chi connectivity index (χ4v) is 4.53. The minimum Gasteiger partial charge on any atom is -0.311 e. The molecule has 3 heterocycles. The molecule has 3 aromatic heterocycles. The molecule has 0 spiro atoms. The zero-order chi connectivity index (χ0) is 20.8. The molecule has 0 radical (unpaired) electrons. The Labute approximate surface area is 178 Å². The molecular formula is C24H20N4OS. The van der Waals surface area contributed by atoms with E-state index in [0.29, 0.717) is 11.2 Å². The van der Waals surface area contributed by atoms with Gasteiger partial charge in [0.2, 0.25) is 0 Å². The van der Waals surface area contributed by atoms with Crippen molar-refractivity contribution < 1.29 is 4.79 Å². The van der Waals surface area contributed by atoms with Gasteiger partial charge in [0, 0.05) is 19.8 Å². The van der Waals surface area contributed by atoms with Gasteiger partial charge in [0.25, 0.3) is 5.91 Å². The Morgan fingerprint density at radius 1 is 1.03 bits per heavy atom. The van der Waals surface area contributed by atoms with Crippen molar-refractivity contribution in [1.82, 2.24) is 14.8 Å². The maximum absolute atomic E-state index is 13.6. The van der Waals surface area contributed by atoms with Crippen LogP contribution in [0.2, 0.25) is 0 Å². The first-order valence-corrected chi connectivity index (χ1v) is 10.6. The van der Waals surface area contributed by atoms with Gasteiger partial charge in [0.1, 0.15) is 0 Å². The number of thiophene rings is 1. The first kappa shape index (κ1) is 18.5. The van der Waals surface area contributed by atoms with Crippen LogP contribution >= 0.6 is 11.3 Å². The second-order valence-electron chi connectivity index (χ2n) is 7.34. The first-order chi connectivity index (χ1) is 14.5. The van der Waals surface area contributed by atoms with E-state index >= 15 is 0 Å². The van der Waals surface area contributed by atoms with Gasteiger partial charge >= 0.3 is 0 Å². The highest BCUT2D eigenvalue weighted by atomic mass is 32.1. The number of aryl methyl sites for hydroxylation is 2. The molecule has 148 valence electrons. The Kier molecular flexibility index (Phi) is 4.37. The molecule has 0 unspecified atom stereocenters. The van der Waals surface area contributed by atoms with Gasteiger partial charge in [-0.1, -0.05) is 36.4 Å². The lowest BCUT2D eigenvalue weighted by atomic mass is 10.1. The number of fused-ring (bicyclic) bond motifs is 2. The quantitative estimate of drug-likeness (QED) is 0.397. The summed E-state index contributed by atoms with van der Waals surface area (Å²) in [5.41, 5.74) is 3.77. The monoisotopic (exact) mass is 412 g/mol. The second kappa shape index (κ2) is 7.07. The summed E-state index contributed by atoms with van der Waals surface area (Å²) in [4.78, 5) is 21.2. The van der Waals surface area contributed by atoms with Gasteiger partial charge in [-0.15, -0.1) is 11.3 Å². The Bertz CT molecular complexity index is 1400. The average Bonchev–Trinajstić information content (AvgIpc) is 3.40. The molecule has 0 saturated carbocycles. The molecular weight excluding hydrogens is 392 g/mol. The Hall–Kier alpha value is -3.51. The van der Waals surface area contributed by atoms with Gasteiger partial charge in [-0.2, -0.15) is 5.10 Å². The van der Waals surface area contributed by atoms with E-state index in [1.807, 2.05) is 74.9 Å². The molecule has 5 aromatic rings. The summed E-state index contributed by atoms with van der Waals surface area (Å²) in [6, 6.07) is 20.1. The number of pyridine rings is 1. The molecule has 5 nitrogen and oxygen atoms in total. The van der Waals surface area contributed by atoms with Crippen LogP contribution in [0.1, 0.15) is 16.1 Å². The van der Waals surface area contributed by atoms with Crippen LogP contribution < -0.4 is 4.90 Å². The molecule has 6 heteroatoms. The van der Waals surface area contributed by atoms with Crippen LogP contribution in [-0.2, 0) is 7.05 Å². The zero-order valence-electron chi connectivity index (χ0n) is 17.0. The van der Waals surface area contributed by atoms with Crippen LogP contribution in [0.15, 0.2) is 66.0 Å². The van der Waals surface area contributed by atoms with Crippen LogP contribution in [-0.4, -0.2) is 27.7 Å². The predicted molar refractivity (Wildman–Crippen MR) is 123 cm³/mol. The van der Waals surface area contributed by atoms with Gasteiger partial charge in [-0.05, 0) is 47.3 Å². The van der Waals surface area contributed by atoms with Crippen LogP contribution in [0.25, 0.3) is 32.4 Å². The normalized spacial score (nSPS) is 11.3. The summed E-state index contributed by atoms with van der Waals surface area (Å²) in [6.07, 6.45) is 0. The predicted octanol–water partition coefficient (Wildman–Crippen LogP) is 5.44. The van der Waals surface area contributed by atoms with E-state index in [-0.39, 0.29) is 5.91 Å². The number of anilines is 1. The highest BCUT2D eigenvalue weighted by molar-refractivity contribution is 7.13. The van der Waals surface area contributed by atoms with Crippen LogP contribution in [0, 0.1) is 6.92 Å². The van der Waals surface area contributed by atoms with Crippen molar-refractivity contribution >= 4 is 44.7 Å². The van der Waals surface area contributed by atoms with Crippen molar-refractivity contribution in [1.29, 1.82) is 0 Å². The number of carbonyl (C=O) groups is 1. The average molecular weight is 413 g/mol. The van der Waals surface area contributed by atoms with Gasteiger partial charge in [0.15, 0.2) is 5.65 Å².